The summed E-state index contributed by atoms with van der Waals surface area (Å²) in [5.41, 5.74) is 0. The zero-order chi connectivity index (χ0) is 5.98. The largest absolute Gasteiger partial charge is 0.0888 e. The molecule has 0 saturated carbocycles. The van der Waals surface area contributed by atoms with Crippen molar-refractivity contribution in [3.8, 4) is 0 Å². The van der Waals surface area contributed by atoms with Gasteiger partial charge in [-0.05, 0) is 18.4 Å². The fourth-order valence-electron chi connectivity index (χ4n) is 0.720. The van der Waals surface area contributed by atoms with Crippen molar-refractivity contribution in [2.75, 3.05) is 0 Å². The topological polar surface area (TPSA) is 0 Å². The first kappa shape index (κ1) is 5.90. The van der Waals surface area contributed by atoms with Crippen molar-refractivity contribution < 1.29 is 0 Å². The van der Waals surface area contributed by atoms with Crippen LogP contribution in [0, 0.1) is 5.92 Å². The Morgan fingerprint density at radius 1 is 1.75 bits per heavy atom. The van der Waals surface area contributed by atoms with Crippen molar-refractivity contribution in [1.29, 1.82) is 0 Å². The van der Waals surface area contributed by atoms with Gasteiger partial charge >= 0.3 is 0 Å². The predicted octanol–water partition coefficient (Wildman–Crippen LogP) is 2.71. The van der Waals surface area contributed by atoms with Crippen molar-refractivity contribution in [1.82, 2.24) is 0 Å². The summed E-state index contributed by atoms with van der Waals surface area (Å²) < 4.78 is 0. The third-order valence-electron chi connectivity index (χ3n) is 1.35. The van der Waals surface area contributed by atoms with Crippen molar-refractivity contribution in [2.24, 2.45) is 5.92 Å². The van der Waals surface area contributed by atoms with E-state index in [1.165, 1.54) is 0 Å². The second-order valence-electron chi connectivity index (χ2n) is 2.12. The summed E-state index contributed by atoms with van der Waals surface area (Å²) in [5.74, 6) is 0.543. The molecule has 0 unspecified atom stereocenters. The van der Waals surface area contributed by atoms with Crippen LogP contribution in [0.3, 0.4) is 0 Å². The minimum absolute atomic E-state index is 0.543. The van der Waals surface area contributed by atoms with E-state index < -0.39 is 0 Å². The van der Waals surface area contributed by atoms with Gasteiger partial charge in [-0.25, -0.2) is 0 Å². The van der Waals surface area contributed by atoms with Crippen molar-refractivity contribution >= 4 is 11.6 Å². The van der Waals surface area contributed by atoms with Gasteiger partial charge in [-0.15, -0.1) is 0 Å². The van der Waals surface area contributed by atoms with Crippen molar-refractivity contribution in [2.45, 2.75) is 13.3 Å². The van der Waals surface area contributed by atoms with Gasteiger partial charge in [-0.2, -0.15) is 0 Å². The van der Waals surface area contributed by atoms with Gasteiger partial charge in [-0.1, -0.05) is 30.7 Å². The molecular formula is C7H9Cl. The second kappa shape index (κ2) is 2.36. The van der Waals surface area contributed by atoms with Crippen LogP contribution in [0.5, 0.6) is 0 Å². The van der Waals surface area contributed by atoms with E-state index in [2.05, 4.69) is 13.0 Å². The smallest absolute Gasteiger partial charge is 0.0212 e. The maximum Gasteiger partial charge on any atom is 0.0212 e. The molecule has 1 heteroatoms. The van der Waals surface area contributed by atoms with Crippen LogP contribution in [-0.4, -0.2) is 0 Å². The molecule has 0 aromatic rings. The predicted molar refractivity (Wildman–Crippen MR) is 36.9 cm³/mol. The van der Waals surface area contributed by atoms with E-state index >= 15 is 0 Å². The van der Waals surface area contributed by atoms with Crippen molar-refractivity contribution in [3.05, 3.63) is 23.3 Å². The minimum Gasteiger partial charge on any atom is -0.0888 e. The lowest BCUT2D eigenvalue weighted by Gasteiger charge is -2.08. The van der Waals surface area contributed by atoms with E-state index in [-0.39, 0.29) is 0 Å². The molecule has 1 aliphatic rings. The molecule has 1 aliphatic carbocycles. The molecule has 0 nitrogen and oxygen atoms in total. The van der Waals surface area contributed by atoms with E-state index in [0.717, 1.165) is 11.5 Å². The van der Waals surface area contributed by atoms with Crippen LogP contribution in [0.4, 0.5) is 0 Å². The Labute approximate surface area is 54.8 Å². The monoisotopic (exact) mass is 128 g/mol. The standard InChI is InChI=1S/C7H9Cl/c1-6-4-2-3-5-7(6)8/h2-3,5-6H,4H2,1H3/t6-/m1/s1. The highest BCUT2D eigenvalue weighted by atomic mass is 35.5. The van der Waals surface area contributed by atoms with Gasteiger partial charge in [0, 0.05) is 5.03 Å². The average molecular weight is 129 g/mol. The Kier molecular flexibility index (Phi) is 1.74. The number of allylic oxidation sites excluding steroid dienone is 4. The number of rotatable bonds is 0. The van der Waals surface area contributed by atoms with Crippen molar-refractivity contribution in [3.63, 3.8) is 0 Å². The summed E-state index contributed by atoms with van der Waals surface area (Å²) in [6.07, 6.45) is 7.18. The molecular weight excluding hydrogens is 120 g/mol. The lowest BCUT2D eigenvalue weighted by atomic mass is 10.0. The summed E-state index contributed by atoms with van der Waals surface area (Å²) in [4.78, 5) is 0. The molecule has 1 rings (SSSR count). The Bertz CT molecular complexity index is 133. The van der Waals surface area contributed by atoms with Gasteiger partial charge in [0.15, 0.2) is 0 Å². The average Bonchev–Trinajstić information content (AvgIpc) is 1.77. The van der Waals surface area contributed by atoms with E-state index in [1.54, 1.807) is 0 Å². The molecule has 8 heavy (non-hydrogen) atoms. The van der Waals surface area contributed by atoms with Gasteiger partial charge in [0.05, 0.1) is 0 Å². The summed E-state index contributed by atoms with van der Waals surface area (Å²) >= 11 is 5.78. The van der Waals surface area contributed by atoms with Crippen LogP contribution in [0.2, 0.25) is 0 Å². The fraction of sp³-hybridized carbons (Fsp3) is 0.429. The molecule has 0 saturated heterocycles. The second-order valence-corrected chi connectivity index (χ2v) is 2.55. The number of hydrogen-bond acceptors (Lipinski definition) is 0. The van der Waals surface area contributed by atoms with E-state index in [4.69, 9.17) is 11.6 Å². The first-order valence-corrected chi connectivity index (χ1v) is 3.20. The number of hydrogen-bond donors (Lipinski definition) is 0. The Balaban J connectivity index is 2.66. The molecule has 0 aromatic heterocycles. The molecule has 0 amide bonds. The zero-order valence-corrected chi connectivity index (χ0v) is 5.65. The summed E-state index contributed by atoms with van der Waals surface area (Å²) in [7, 11) is 0. The summed E-state index contributed by atoms with van der Waals surface area (Å²) in [6, 6.07) is 0. The van der Waals surface area contributed by atoms with Gasteiger partial charge < -0.3 is 0 Å². The first-order valence-electron chi connectivity index (χ1n) is 2.83. The number of halogens is 1. The van der Waals surface area contributed by atoms with Gasteiger partial charge in [-0.3, -0.25) is 0 Å². The summed E-state index contributed by atoms with van der Waals surface area (Å²) in [6.45, 7) is 2.13. The molecule has 0 spiro atoms. The Hall–Kier alpha value is -0.230. The highest BCUT2D eigenvalue weighted by Gasteiger charge is 2.04. The van der Waals surface area contributed by atoms with Crippen LogP contribution in [-0.2, 0) is 0 Å². The molecule has 0 aromatic carbocycles. The Morgan fingerprint density at radius 2 is 2.50 bits per heavy atom. The third-order valence-corrected chi connectivity index (χ3v) is 1.85. The highest BCUT2D eigenvalue weighted by molar-refractivity contribution is 6.30. The molecule has 0 fully saturated rings. The molecule has 44 valence electrons. The molecule has 0 bridgehead atoms. The SMILES string of the molecule is C[C@@H]1CC=CC=C1Cl. The third kappa shape index (κ3) is 1.13. The van der Waals surface area contributed by atoms with Crippen LogP contribution in [0.1, 0.15) is 13.3 Å². The zero-order valence-electron chi connectivity index (χ0n) is 4.89. The molecule has 0 radical (unpaired) electrons. The minimum atomic E-state index is 0.543. The van der Waals surface area contributed by atoms with Gasteiger partial charge in [0.1, 0.15) is 0 Å². The molecule has 0 heterocycles. The quantitative estimate of drug-likeness (QED) is 0.471. The summed E-state index contributed by atoms with van der Waals surface area (Å²) in [5, 5.41) is 0.979. The van der Waals surface area contributed by atoms with Gasteiger partial charge in [0.25, 0.3) is 0 Å². The van der Waals surface area contributed by atoms with E-state index in [1.807, 2.05) is 12.2 Å². The first-order chi connectivity index (χ1) is 3.80. The Morgan fingerprint density at radius 3 is 2.88 bits per heavy atom. The molecule has 1 atom stereocenters. The lowest BCUT2D eigenvalue weighted by molar-refractivity contribution is 0.721. The van der Waals surface area contributed by atoms with Crippen LogP contribution in [0.25, 0.3) is 0 Å². The van der Waals surface area contributed by atoms with Crippen LogP contribution in [0.15, 0.2) is 23.3 Å². The lowest BCUT2D eigenvalue weighted by Crippen LogP contribution is -1.94. The van der Waals surface area contributed by atoms with E-state index in [0.29, 0.717) is 5.92 Å². The van der Waals surface area contributed by atoms with Crippen LogP contribution >= 0.6 is 11.6 Å². The molecule has 0 aliphatic heterocycles. The van der Waals surface area contributed by atoms with Gasteiger partial charge in [0.2, 0.25) is 0 Å². The maximum absolute atomic E-state index is 5.78. The van der Waals surface area contributed by atoms with E-state index in [9.17, 15) is 0 Å². The normalized spacial score (nSPS) is 27.8. The molecule has 0 N–H and O–H groups in total. The van der Waals surface area contributed by atoms with Crippen LogP contribution < -0.4 is 0 Å². The fourth-order valence-corrected chi connectivity index (χ4v) is 0.881. The highest BCUT2D eigenvalue weighted by Crippen LogP contribution is 2.22. The maximum atomic E-state index is 5.78.